The lowest BCUT2D eigenvalue weighted by molar-refractivity contribution is 0.000220. The van der Waals surface area contributed by atoms with E-state index in [0.29, 0.717) is 3.57 Å². The fourth-order valence-electron chi connectivity index (χ4n) is 2.18. The molecule has 0 heterocycles. The third-order valence-corrected chi connectivity index (χ3v) is 4.18. The van der Waals surface area contributed by atoms with E-state index in [2.05, 4.69) is 20.8 Å². The topological polar surface area (TPSA) is 92.2 Å². The quantitative estimate of drug-likeness (QED) is 0.196. The van der Waals surface area contributed by atoms with Crippen LogP contribution in [-0.2, 0) is 9.68 Å². The van der Waals surface area contributed by atoms with Crippen molar-refractivity contribution in [2.45, 2.75) is 20.0 Å². The lowest BCUT2D eigenvalue weighted by Gasteiger charge is -2.16. The largest absolute Gasteiger partial charge is 0.393 e. The van der Waals surface area contributed by atoms with Crippen molar-refractivity contribution in [3.05, 3.63) is 56.4 Å². The second-order valence-electron chi connectivity index (χ2n) is 6.15. The second kappa shape index (κ2) is 11.1. The second-order valence-corrected chi connectivity index (χ2v) is 7.40. The molecule has 2 rings (SSSR count). The zero-order valence-electron chi connectivity index (χ0n) is 16.0. The van der Waals surface area contributed by atoms with Crippen molar-refractivity contribution >= 4 is 46.1 Å². The molecule has 0 spiro atoms. The van der Waals surface area contributed by atoms with Crippen LogP contribution in [-0.4, -0.2) is 36.5 Å². The molecule has 0 saturated carbocycles. The number of nitrogens with one attached hydrogen (secondary N) is 2. The van der Waals surface area contributed by atoms with Gasteiger partial charge >= 0.3 is 0 Å². The van der Waals surface area contributed by atoms with Crippen molar-refractivity contribution in [3.8, 4) is 0 Å². The minimum atomic E-state index is -1.42. The number of carbonyl (C=O) groups excluding carboxylic acids is 1. The summed E-state index contributed by atoms with van der Waals surface area (Å²) in [6.07, 6.45) is 0.473. The Hall–Kier alpha value is -2.38. The maximum atomic E-state index is 14.8. The van der Waals surface area contributed by atoms with Crippen LogP contribution in [0.1, 0.15) is 29.8 Å². The predicted octanol–water partition coefficient (Wildman–Crippen LogP) is 3.86. The minimum absolute atomic E-state index is 0.151. The molecule has 0 atom stereocenters. The Morgan fingerprint density at radius 3 is 2.63 bits per heavy atom. The molecule has 0 unspecified atom stereocenters. The van der Waals surface area contributed by atoms with E-state index >= 15 is 0 Å². The van der Waals surface area contributed by atoms with Gasteiger partial charge in [0, 0.05) is 9.13 Å². The Morgan fingerprint density at radius 2 is 2.00 bits per heavy atom. The Morgan fingerprint density at radius 1 is 1.27 bits per heavy atom. The Kier molecular flexibility index (Phi) is 8.87. The molecule has 0 saturated heterocycles. The van der Waals surface area contributed by atoms with Crippen molar-refractivity contribution in [1.82, 2.24) is 5.48 Å². The third kappa shape index (κ3) is 6.31. The first-order valence-corrected chi connectivity index (χ1v) is 9.78. The van der Waals surface area contributed by atoms with Crippen LogP contribution in [0, 0.1) is 21.0 Å². The smallest absolute Gasteiger partial charge is 0.277 e. The normalized spacial score (nSPS) is 11.2. The number of benzene rings is 2. The van der Waals surface area contributed by atoms with Crippen LogP contribution in [0.5, 0.6) is 0 Å². The molecule has 3 N–H and O–H groups in total. The summed E-state index contributed by atoms with van der Waals surface area (Å²) >= 11 is 1.90. The number of hydrogen-bond acceptors (Lipinski definition) is 6. The lowest BCUT2D eigenvalue weighted by Crippen LogP contribution is -2.28. The highest BCUT2D eigenvalue weighted by Gasteiger charge is 2.23. The number of aliphatic hydroxyl groups is 1. The fourth-order valence-corrected chi connectivity index (χ4v) is 2.63. The van der Waals surface area contributed by atoms with Crippen molar-refractivity contribution in [1.29, 1.82) is 0 Å². The molecule has 0 radical (unpaired) electrons. The van der Waals surface area contributed by atoms with E-state index in [0.717, 1.165) is 12.3 Å². The molecule has 0 aliphatic rings. The number of hydrogen-bond donors (Lipinski definition) is 3. The average molecular weight is 537 g/mol. The van der Waals surface area contributed by atoms with Crippen molar-refractivity contribution in [2.75, 3.05) is 18.5 Å². The molecule has 162 valence electrons. The molecule has 11 heteroatoms. The van der Waals surface area contributed by atoms with E-state index < -0.39 is 34.6 Å². The van der Waals surface area contributed by atoms with Crippen LogP contribution in [0.4, 0.5) is 24.5 Å². The van der Waals surface area contributed by atoms with Gasteiger partial charge in [-0.15, -0.1) is 0 Å². The number of halogens is 4. The van der Waals surface area contributed by atoms with E-state index in [4.69, 9.17) is 9.94 Å². The monoisotopic (exact) mass is 537 g/mol. The van der Waals surface area contributed by atoms with Gasteiger partial charge in [0.1, 0.15) is 12.4 Å². The number of carbonyl (C=O) groups is 1. The summed E-state index contributed by atoms with van der Waals surface area (Å²) in [5.41, 5.74) is 0.651. The van der Waals surface area contributed by atoms with Gasteiger partial charge in [-0.1, -0.05) is 5.16 Å². The van der Waals surface area contributed by atoms with Gasteiger partial charge in [-0.25, -0.2) is 18.7 Å². The maximum absolute atomic E-state index is 14.8. The highest BCUT2D eigenvalue weighted by atomic mass is 127. The van der Waals surface area contributed by atoms with E-state index in [9.17, 15) is 18.0 Å². The summed E-state index contributed by atoms with van der Waals surface area (Å²) in [5.74, 6) is -4.36. The molecular formula is C19H19F3IN3O4. The van der Waals surface area contributed by atoms with Gasteiger partial charge in [-0.05, 0) is 60.7 Å². The van der Waals surface area contributed by atoms with E-state index in [1.54, 1.807) is 19.9 Å². The van der Waals surface area contributed by atoms with Crippen LogP contribution in [0.15, 0.2) is 29.4 Å². The summed E-state index contributed by atoms with van der Waals surface area (Å²) in [7, 11) is 0. The van der Waals surface area contributed by atoms with Crippen molar-refractivity contribution in [3.63, 3.8) is 0 Å². The first-order chi connectivity index (χ1) is 14.2. The molecule has 2 aromatic carbocycles. The van der Waals surface area contributed by atoms with Gasteiger partial charge in [0.25, 0.3) is 5.91 Å². The van der Waals surface area contributed by atoms with Gasteiger partial charge in [0.2, 0.25) is 0 Å². The molecule has 0 aliphatic carbocycles. The van der Waals surface area contributed by atoms with Crippen LogP contribution in [0.2, 0.25) is 0 Å². The van der Waals surface area contributed by atoms with Gasteiger partial charge in [0.05, 0.1) is 35.9 Å². The minimum Gasteiger partial charge on any atom is -0.393 e. The first kappa shape index (κ1) is 23.9. The van der Waals surface area contributed by atoms with Gasteiger partial charge < -0.3 is 15.3 Å². The predicted molar refractivity (Wildman–Crippen MR) is 113 cm³/mol. The SMILES string of the molecule is CC(C)ONC(=O)c1cc(/C=N/OCCO)c(F)c(F)c1Nc1ccc(I)cc1F. The standard InChI is InChI=1S/C19H19F3IN3O4/c1-10(2)30-26-19(28)13-7-11(9-24-29-6-5-27)16(21)17(22)18(13)25-15-4-3-12(23)8-14(15)20/h3-4,7-10,25,27H,5-6H2,1-2H3,(H,26,28)/b24-9+. The molecule has 2 aromatic rings. The molecule has 0 fully saturated rings. The molecule has 0 aliphatic heterocycles. The lowest BCUT2D eigenvalue weighted by atomic mass is 10.1. The van der Waals surface area contributed by atoms with E-state index in [1.807, 2.05) is 22.6 Å². The fraction of sp³-hybridized carbons (Fsp3) is 0.263. The zero-order valence-corrected chi connectivity index (χ0v) is 18.2. The molecule has 0 bridgehead atoms. The number of nitrogens with zero attached hydrogens (tertiary/aromatic N) is 1. The summed E-state index contributed by atoms with van der Waals surface area (Å²) in [5, 5.41) is 14.5. The van der Waals surface area contributed by atoms with Gasteiger partial charge in [-0.3, -0.25) is 9.63 Å². The third-order valence-electron chi connectivity index (χ3n) is 3.51. The Balaban J connectivity index is 2.50. The van der Waals surface area contributed by atoms with Crippen molar-refractivity contribution in [2.24, 2.45) is 5.16 Å². The molecular weight excluding hydrogens is 518 g/mol. The van der Waals surface area contributed by atoms with Crippen LogP contribution in [0.3, 0.4) is 0 Å². The molecule has 1 amide bonds. The maximum Gasteiger partial charge on any atom is 0.277 e. The van der Waals surface area contributed by atoms with E-state index in [-0.39, 0.29) is 30.6 Å². The van der Waals surface area contributed by atoms with Crippen LogP contribution >= 0.6 is 22.6 Å². The number of aliphatic hydroxyl groups excluding tert-OH is 1. The Bertz CT molecular complexity index is 942. The van der Waals surface area contributed by atoms with Crippen molar-refractivity contribution < 1.29 is 32.7 Å². The number of anilines is 2. The Labute approximate surface area is 184 Å². The van der Waals surface area contributed by atoms with Gasteiger partial charge in [0.15, 0.2) is 11.6 Å². The number of amides is 1. The molecule has 7 nitrogen and oxygen atoms in total. The summed E-state index contributed by atoms with van der Waals surface area (Å²) in [4.78, 5) is 22.2. The first-order valence-electron chi connectivity index (χ1n) is 8.70. The zero-order chi connectivity index (χ0) is 22.3. The molecule has 0 aromatic heterocycles. The summed E-state index contributed by atoms with van der Waals surface area (Å²) in [6.45, 7) is 2.84. The van der Waals surface area contributed by atoms with E-state index in [1.165, 1.54) is 12.1 Å². The highest BCUT2D eigenvalue weighted by molar-refractivity contribution is 14.1. The number of oxime groups is 1. The highest BCUT2D eigenvalue weighted by Crippen LogP contribution is 2.30. The average Bonchev–Trinajstić information content (AvgIpc) is 2.70. The van der Waals surface area contributed by atoms with Crippen LogP contribution < -0.4 is 10.8 Å². The summed E-state index contributed by atoms with van der Waals surface area (Å²) in [6, 6.07) is 5.09. The number of rotatable bonds is 9. The molecule has 30 heavy (non-hydrogen) atoms. The summed E-state index contributed by atoms with van der Waals surface area (Å²) < 4.78 is 44.2. The van der Waals surface area contributed by atoms with Crippen LogP contribution in [0.25, 0.3) is 0 Å². The number of hydroxylamine groups is 1. The van der Waals surface area contributed by atoms with Gasteiger partial charge in [-0.2, -0.15) is 0 Å².